The van der Waals surface area contributed by atoms with E-state index in [1.807, 2.05) is 0 Å². The fourth-order valence-corrected chi connectivity index (χ4v) is 3.58. The van der Waals surface area contributed by atoms with Crippen molar-refractivity contribution in [3.05, 3.63) is 83.7 Å². The Balaban J connectivity index is 2.30. The van der Waals surface area contributed by atoms with E-state index in [9.17, 15) is 27.5 Å². The SMILES string of the molecule is CC(C)CC(C(=O)O)c1cc(-c2ccccc2)cc(Oc2cccc(F)c2)c1C(F)(F)F. The molecular weight excluding hydrogens is 424 g/mol. The number of benzene rings is 3. The lowest BCUT2D eigenvalue weighted by atomic mass is 9.85. The lowest BCUT2D eigenvalue weighted by Gasteiger charge is -2.24. The first-order valence-electron chi connectivity index (χ1n) is 10.0. The Bertz CT molecular complexity index is 1090. The van der Waals surface area contributed by atoms with Gasteiger partial charge in [-0.2, -0.15) is 13.2 Å². The van der Waals surface area contributed by atoms with Gasteiger partial charge in [0.25, 0.3) is 0 Å². The van der Waals surface area contributed by atoms with Crippen LogP contribution in [0.2, 0.25) is 0 Å². The molecule has 168 valence electrons. The van der Waals surface area contributed by atoms with E-state index in [0.29, 0.717) is 11.1 Å². The summed E-state index contributed by atoms with van der Waals surface area (Å²) >= 11 is 0. The topological polar surface area (TPSA) is 46.5 Å². The standard InChI is InChI=1S/C25H22F4O3/c1-15(2)11-21(24(30)31)20-12-17(16-7-4-3-5-8-16)13-22(23(20)25(27,28)29)32-19-10-6-9-18(26)14-19/h3-10,12-15,21H,11H2,1-2H3,(H,30,31). The molecular formula is C25H22F4O3. The van der Waals surface area contributed by atoms with Gasteiger partial charge in [-0.25, -0.2) is 4.39 Å². The molecule has 0 aromatic heterocycles. The lowest BCUT2D eigenvalue weighted by molar-refractivity contribution is -0.142. The number of hydrogen-bond acceptors (Lipinski definition) is 2. The van der Waals surface area contributed by atoms with Crippen LogP contribution >= 0.6 is 0 Å². The second-order valence-electron chi connectivity index (χ2n) is 7.88. The van der Waals surface area contributed by atoms with Crippen LogP contribution in [0.5, 0.6) is 11.5 Å². The number of carboxylic acid groups (broad SMARTS) is 1. The third-order valence-electron chi connectivity index (χ3n) is 4.93. The maximum atomic E-state index is 14.2. The second-order valence-corrected chi connectivity index (χ2v) is 7.88. The van der Waals surface area contributed by atoms with Gasteiger partial charge in [0.15, 0.2) is 0 Å². The predicted octanol–water partition coefficient (Wildman–Crippen LogP) is 7.52. The van der Waals surface area contributed by atoms with Gasteiger partial charge < -0.3 is 9.84 Å². The van der Waals surface area contributed by atoms with Crippen LogP contribution in [-0.2, 0) is 11.0 Å². The molecule has 1 N–H and O–H groups in total. The molecule has 0 aliphatic rings. The Kier molecular flexibility index (Phi) is 6.87. The first-order chi connectivity index (χ1) is 15.1. The molecule has 0 saturated heterocycles. The van der Waals surface area contributed by atoms with Crippen LogP contribution < -0.4 is 4.74 Å². The van der Waals surface area contributed by atoms with Crippen LogP contribution in [-0.4, -0.2) is 11.1 Å². The monoisotopic (exact) mass is 446 g/mol. The molecule has 7 heteroatoms. The van der Waals surface area contributed by atoms with Crippen molar-refractivity contribution in [1.82, 2.24) is 0 Å². The van der Waals surface area contributed by atoms with E-state index in [4.69, 9.17) is 4.74 Å². The molecule has 0 bridgehead atoms. The van der Waals surface area contributed by atoms with Crippen molar-refractivity contribution in [3.63, 3.8) is 0 Å². The molecule has 0 radical (unpaired) electrons. The molecule has 3 rings (SSSR count). The average Bonchev–Trinajstić information content (AvgIpc) is 2.71. The van der Waals surface area contributed by atoms with Crippen molar-refractivity contribution in [1.29, 1.82) is 0 Å². The number of hydrogen-bond donors (Lipinski definition) is 1. The summed E-state index contributed by atoms with van der Waals surface area (Å²) in [5.74, 6) is -4.28. The Labute approximate surface area is 183 Å². The molecule has 0 aliphatic carbocycles. The maximum absolute atomic E-state index is 14.2. The normalized spacial score (nSPS) is 12.6. The summed E-state index contributed by atoms with van der Waals surface area (Å²) in [6.45, 7) is 3.49. The summed E-state index contributed by atoms with van der Waals surface area (Å²) in [6, 6.07) is 15.9. The summed E-state index contributed by atoms with van der Waals surface area (Å²) in [5, 5.41) is 9.79. The number of rotatable bonds is 7. The number of carbonyl (C=O) groups is 1. The van der Waals surface area contributed by atoms with Gasteiger partial charge >= 0.3 is 12.1 Å². The van der Waals surface area contributed by atoms with Crippen molar-refractivity contribution in [3.8, 4) is 22.6 Å². The fraction of sp³-hybridized carbons (Fsp3) is 0.240. The summed E-state index contributed by atoms with van der Waals surface area (Å²) in [4.78, 5) is 12.0. The Morgan fingerprint density at radius 3 is 2.22 bits per heavy atom. The van der Waals surface area contributed by atoms with Crippen molar-refractivity contribution >= 4 is 5.97 Å². The molecule has 3 nitrogen and oxygen atoms in total. The number of ether oxygens (including phenoxy) is 1. The van der Waals surface area contributed by atoms with Crippen molar-refractivity contribution in [2.24, 2.45) is 5.92 Å². The highest BCUT2D eigenvalue weighted by Gasteiger charge is 2.41. The number of carboxylic acids is 1. The van der Waals surface area contributed by atoms with Crippen molar-refractivity contribution in [2.75, 3.05) is 0 Å². The lowest BCUT2D eigenvalue weighted by Crippen LogP contribution is -2.20. The summed E-state index contributed by atoms with van der Waals surface area (Å²) in [7, 11) is 0. The minimum Gasteiger partial charge on any atom is -0.481 e. The zero-order chi connectivity index (χ0) is 23.5. The predicted molar refractivity (Wildman–Crippen MR) is 113 cm³/mol. The molecule has 0 amide bonds. The minimum atomic E-state index is -4.89. The first kappa shape index (κ1) is 23.3. The summed E-state index contributed by atoms with van der Waals surface area (Å²) in [5.41, 5.74) is -0.587. The van der Waals surface area contributed by atoms with Crippen molar-refractivity contribution in [2.45, 2.75) is 32.4 Å². The van der Waals surface area contributed by atoms with E-state index in [1.165, 1.54) is 24.3 Å². The molecule has 0 heterocycles. The van der Waals surface area contributed by atoms with Gasteiger partial charge in [-0.1, -0.05) is 50.2 Å². The quantitative estimate of drug-likeness (QED) is 0.382. The second kappa shape index (κ2) is 9.42. The third kappa shape index (κ3) is 5.46. The van der Waals surface area contributed by atoms with Gasteiger partial charge in [-0.05, 0) is 53.3 Å². The Morgan fingerprint density at radius 2 is 1.66 bits per heavy atom. The Morgan fingerprint density at radius 1 is 0.969 bits per heavy atom. The van der Waals surface area contributed by atoms with Gasteiger partial charge in [0.1, 0.15) is 22.9 Å². The largest absolute Gasteiger partial charge is 0.481 e. The molecule has 1 atom stereocenters. The molecule has 3 aromatic rings. The maximum Gasteiger partial charge on any atom is 0.420 e. The number of halogens is 4. The van der Waals surface area contributed by atoms with E-state index >= 15 is 0 Å². The van der Waals surface area contributed by atoms with Gasteiger partial charge in [-0.15, -0.1) is 0 Å². The van der Waals surface area contributed by atoms with Gasteiger partial charge in [-0.3, -0.25) is 4.79 Å². The minimum absolute atomic E-state index is 0.00998. The summed E-state index contributed by atoms with van der Waals surface area (Å²) < 4.78 is 61.8. The smallest absolute Gasteiger partial charge is 0.420 e. The number of alkyl halides is 3. The van der Waals surface area contributed by atoms with Gasteiger partial charge in [0.2, 0.25) is 0 Å². The molecule has 0 saturated carbocycles. The van der Waals surface area contributed by atoms with Gasteiger partial charge in [0.05, 0.1) is 5.92 Å². The zero-order valence-electron chi connectivity index (χ0n) is 17.5. The fourth-order valence-electron chi connectivity index (χ4n) is 3.58. The van der Waals surface area contributed by atoms with E-state index in [-0.39, 0.29) is 23.7 Å². The van der Waals surface area contributed by atoms with Crippen LogP contribution in [0.3, 0.4) is 0 Å². The van der Waals surface area contributed by atoms with Crippen LogP contribution in [0.15, 0.2) is 66.7 Å². The van der Waals surface area contributed by atoms with Crippen LogP contribution in [0.4, 0.5) is 17.6 Å². The van der Waals surface area contributed by atoms with E-state index in [0.717, 1.165) is 12.1 Å². The molecule has 0 spiro atoms. The van der Waals surface area contributed by atoms with Crippen LogP contribution in [0.25, 0.3) is 11.1 Å². The van der Waals surface area contributed by atoms with Crippen LogP contribution in [0, 0.1) is 11.7 Å². The highest BCUT2D eigenvalue weighted by Crippen LogP contribution is 2.46. The number of aliphatic carboxylic acids is 1. The molecule has 32 heavy (non-hydrogen) atoms. The van der Waals surface area contributed by atoms with Crippen LogP contribution in [0.1, 0.15) is 37.3 Å². The van der Waals surface area contributed by atoms with Gasteiger partial charge in [0, 0.05) is 6.07 Å². The van der Waals surface area contributed by atoms with E-state index in [1.54, 1.807) is 44.2 Å². The Hall–Kier alpha value is -3.35. The van der Waals surface area contributed by atoms with E-state index in [2.05, 4.69) is 0 Å². The zero-order valence-corrected chi connectivity index (χ0v) is 17.5. The summed E-state index contributed by atoms with van der Waals surface area (Å²) in [6.07, 6.45) is -4.88. The van der Waals surface area contributed by atoms with E-state index < -0.39 is 35.2 Å². The highest BCUT2D eigenvalue weighted by atomic mass is 19.4. The molecule has 0 fully saturated rings. The molecule has 3 aromatic carbocycles. The average molecular weight is 446 g/mol. The molecule has 0 aliphatic heterocycles. The third-order valence-corrected chi connectivity index (χ3v) is 4.93. The molecule has 1 unspecified atom stereocenters. The highest BCUT2D eigenvalue weighted by molar-refractivity contribution is 5.79. The van der Waals surface area contributed by atoms with Crippen molar-refractivity contribution < 1.29 is 32.2 Å². The first-order valence-corrected chi connectivity index (χ1v) is 10.0.